The molecule has 1 saturated heterocycles. The van der Waals surface area contributed by atoms with Crippen LogP contribution in [0.1, 0.15) is 58.3 Å². The standard InChI is InChI=1S/C14H28N2/c1-12-7-3-2-6-10-16(12)11-14(15)13-8-4-5-9-13/h12-14H,2-11,15H2,1H3. The van der Waals surface area contributed by atoms with E-state index in [1.165, 1.54) is 57.9 Å². The van der Waals surface area contributed by atoms with Crippen LogP contribution in [0.3, 0.4) is 0 Å². The molecule has 1 aliphatic heterocycles. The van der Waals surface area contributed by atoms with E-state index < -0.39 is 0 Å². The number of rotatable bonds is 3. The van der Waals surface area contributed by atoms with Crippen molar-refractivity contribution in [1.29, 1.82) is 0 Å². The van der Waals surface area contributed by atoms with Crippen LogP contribution < -0.4 is 5.73 Å². The molecule has 2 rings (SSSR count). The summed E-state index contributed by atoms with van der Waals surface area (Å²) in [6, 6.07) is 1.19. The van der Waals surface area contributed by atoms with E-state index in [-0.39, 0.29) is 0 Å². The number of nitrogens with two attached hydrogens (primary N) is 1. The Bertz CT molecular complexity index is 199. The van der Waals surface area contributed by atoms with Crippen LogP contribution >= 0.6 is 0 Å². The van der Waals surface area contributed by atoms with Gasteiger partial charge in [-0.05, 0) is 45.1 Å². The van der Waals surface area contributed by atoms with Crippen molar-refractivity contribution in [2.24, 2.45) is 11.7 Å². The summed E-state index contributed by atoms with van der Waals surface area (Å²) >= 11 is 0. The fraction of sp³-hybridized carbons (Fsp3) is 1.00. The summed E-state index contributed by atoms with van der Waals surface area (Å²) < 4.78 is 0. The first kappa shape index (κ1) is 12.4. The topological polar surface area (TPSA) is 29.3 Å². The second kappa shape index (κ2) is 6.02. The fourth-order valence-electron chi connectivity index (χ4n) is 3.41. The highest BCUT2D eigenvalue weighted by molar-refractivity contribution is 4.83. The zero-order valence-corrected chi connectivity index (χ0v) is 10.8. The average molecular weight is 224 g/mol. The Morgan fingerprint density at radius 2 is 1.75 bits per heavy atom. The summed E-state index contributed by atoms with van der Waals surface area (Å²) in [4.78, 5) is 2.65. The molecule has 1 heterocycles. The monoisotopic (exact) mass is 224 g/mol. The van der Waals surface area contributed by atoms with Gasteiger partial charge in [0, 0.05) is 18.6 Å². The van der Waals surface area contributed by atoms with E-state index in [2.05, 4.69) is 11.8 Å². The van der Waals surface area contributed by atoms with Crippen molar-refractivity contribution < 1.29 is 0 Å². The lowest BCUT2D eigenvalue weighted by Crippen LogP contribution is -2.45. The Balaban J connectivity index is 1.81. The van der Waals surface area contributed by atoms with E-state index in [1.807, 2.05) is 0 Å². The molecule has 94 valence electrons. The number of hydrogen-bond acceptors (Lipinski definition) is 2. The van der Waals surface area contributed by atoms with E-state index in [9.17, 15) is 0 Å². The van der Waals surface area contributed by atoms with Crippen LogP contribution in [0.25, 0.3) is 0 Å². The van der Waals surface area contributed by atoms with Crippen LogP contribution in [-0.2, 0) is 0 Å². The molecule has 0 spiro atoms. The van der Waals surface area contributed by atoms with Gasteiger partial charge in [0.05, 0.1) is 0 Å². The normalized spacial score (nSPS) is 31.5. The van der Waals surface area contributed by atoms with Crippen molar-refractivity contribution in [3.05, 3.63) is 0 Å². The Morgan fingerprint density at radius 1 is 1.06 bits per heavy atom. The van der Waals surface area contributed by atoms with Crippen molar-refractivity contribution in [2.75, 3.05) is 13.1 Å². The van der Waals surface area contributed by atoms with Crippen molar-refractivity contribution in [1.82, 2.24) is 4.90 Å². The minimum atomic E-state index is 0.433. The predicted octanol–water partition coefficient (Wildman–Crippen LogP) is 2.77. The van der Waals surface area contributed by atoms with E-state index in [1.54, 1.807) is 0 Å². The van der Waals surface area contributed by atoms with Gasteiger partial charge in [0.2, 0.25) is 0 Å². The van der Waals surface area contributed by atoms with Crippen LogP contribution in [0.15, 0.2) is 0 Å². The molecule has 0 aromatic rings. The summed E-state index contributed by atoms with van der Waals surface area (Å²) in [6.45, 7) is 4.81. The van der Waals surface area contributed by atoms with Gasteiger partial charge in [0.1, 0.15) is 0 Å². The molecule has 0 radical (unpaired) electrons. The molecule has 1 saturated carbocycles. The first-order chi connectivity index (χ1) is 7.77. The summed E-state index contributed by atoms with van der Waals surface area (Å²) in [5.41, 5.74) is 6.38. The smallest absolute Gasteiger partial charge is 0.0196 e. The lowest BCUT2D eigenvalue weighted by Gasteiger charge is -2.31. The molecule has 0 aromatic carbocycles. The van der Waals surface area contributed by atoms with Gasteiger partial charge in [0.25, 0.3) is 0 Å². The van der Waals surface area contributed by atoms with Crippen LogP contribution in [0.2, 0.25) is 0 Å². The molecule has 2 nitrogen and oxygen atoms in total. The third kappa shape index (κ3) is 3.21. The summed E-state index contributed by atoms with van der Waals surface area (Å²) in [6.07, 6.45) is 11.2. The number of nitrogens with zero attached hydrogens (tertiary/aromatic N) is 1. The van der Waals surface area contributed by atoms with Gasteiger partial charge in [-0.2, -0.15) is 0 Å². The maximum atomic E-state index is 6.38. The van der Waals surface area contributed by atoms with Crippen LogP contribution in [0.4, 0.5) is 0 Å². The largest absolute Gasteiger partial charge is 0.326 e. The average Bonchev–Trinajstić information content (AvgIpc) is 2.73. The molecule has 2 N–H and O–H groups in total. The minimum absolute atomic E-state index is 0.433. The molecule has 2 unspecified atom stereocenters. The Labute approximate surface area is 101 Å². The van der Waals surface area contributed by atoms with Crippen molar-refractivity contribution in [2.45, 2.75) is 70.4 Å². The lowest BCUT2D eigenvalue weighted by molar-refractivity contribution is 0.182. The van der Waals surface area contributed by atoms with Gasteiger partial charge in [-0.25, -0.2) is 0 Å². The molecule has 1 aliphatic carbocycles. The van der Waals surface area contributed by atoms with Gasteiger partial charge in [0.15, 0.2) is 0 Å². The van der Waals surface area contributed by atoms with Crippen LogP contribution in [0.5, 0.6) is 0 Å². The first-order valence-electron chi connectivity index (χ1n) is 7.27. The molecule has 2 heteroatoms. The second-order valence-corrected chi connectivity index (χ2v) is 5.90. The predicted molar refractivity (Wildman–Crippen MR) is 69.4 cm³/mol. The summed E-state index contributed by atoms with van der Waals surface area (Å²) in [5, 5.41) is 0. The number of likely N-dealkylation sites (tertiary alicyclic amines) is 1. The van der Waals surface area contributed by atoms with Crippen molar-refractivity contribution in [3.8, 4) is 0 Å². The lowest BCUT2D eigenvalue weighted by atomic mass is 9.98. The van der Waals surface area contributed by atoms with Crippen LogP contribution in [-0.4, -0.2) is 30.1 Å². The highest BCUT2D eigenvalue weighted by atomic mass is 15.2. The zero-order chi connectivity index (χ0) is 11.4. The minimum Gasteiger partial charge on any atom is -0.326 e. The fourth-order valence-corrected chi connectivity index (χ4v) is 3.41. The quantitative estimate of drug-likeness (QED) is 0.798. The van der Waals surface area contributed by atoms with Crippen molar-refractivity contribution in [3.63, 3.8) is 0 Å². The second-order valence-electron chi connectivity index (χ2n) is 5.90. The summed E-state index contributed by atoms with van der Waals surface area (Å²) in [5.74, 6) is 0.815. The zero-order valence-electron chi connectivity index (χ0n) is 10.8. The Morgan fingerprint density at radius 3 is 2.50 bits per heavy atom. The van der Waals surface area contributed by atoms with E-state index >= 15 is 0 Å². The molecule has 2 aliphatic rings. The van der Waals surface area contributed by atoms with Crippen LogP contribution in [0, 0.1) is 5.92 Å². The first-order valence-corrected chi connectivity index (χ1v) is 7.27. The Hall–Kier alpha value is -0.0800. The van der Waals surface area contributed by atoms with Gasteiger partial charge >= 0.3 is 0 Å². The van der Waals surface area contributed by atoms with Gasteiger partial charge in [-0.15, -0.1) is 0 Å². The van der Waals surface area contributed by atoms with Crippen molar-refractivity contribution >= 4 is 0 Å². The Kier molecular flexibility index (Phi) is 4.66. The van der Waals surface area contributed by atoms with E-state index in [0.29, 0.717) is 6.04 Å². The maximum absolute atomic E-state index is 6.38. The van der Waals surface area contributed by atoms with E-state index in [4.69, 9.17) is 5.73 Å². The summed E-state index contributed by atoms with van der Waals surface area (Å²) in [7, 11) is 0. The molecule has 2 atom stereocenters. The molecular weight excluding hydrogens is 196 g/mol. The molecule has 0 aromatic heterocycles. The third-order valence-electron chi connectivity index (χ3n) is 4.64. The molecule has 0 amide bonds. The molecule has 2 fully saturated rings. The highest BCUT2D eigenvalue weighted by Crippen LogP contribution is 2.28. The molecule has 0 bridgehead atoms. The number of hydrogen-bond donors (Lipinski definition) is 1. The molecular formula is C14H28N2. The van der Waals surface area contributed by atoms with Gasteiger partial charge < -0.3 is 5.73 Å². The SMILES string of the molecule is CC1CCCCCN1CC(N)C1CCCC1. The van der Waals surface area contributed by atoms with E-state index in [0.717, 1.165) is 18.5 Å². The third-order valence-corrected chi connectivity index (χ3v) is 4.64. The highest BCUT2D eigenvalue weighted by Gasteiger charge is 2.25. The maximum Gasteiger partial charge on any atom is 0.0196 e. The molecule has 16 heavy (non-hydrogen) atoms. The van der Waals surface area contributed by atoms with Gasteiger partial charge in [-0.1, -0.05) is 25.7 Å². The van der Waals surface area contributed by atoms with Gasteiger partial charge in [-0.3, -0.25) is 4.90 Å².